The second-order valence-corrected chi connectivity index (χ2v) is 21.8. The van der Waals surface area contributed by atoms with Gasteiger partial charge in [0.25, 0.3) is 16.6 Å². The van der Waals surface area contributed by atoms with Gasteiger partial charge in [0.2, 0.25) is 0 Å². The van der Waals surface area contributed by atoms with Crippen LogP contribution in [0.2, 0.25) is 36.3 Å². The molecular weight excluding hydrogens is 449 g/mol. The highest BCUT2D eigenvalue weighted by Gasteiger charge is 2.41. The Morgan fingerprint density at radius 2 is 0.794 bits per heavy atom. The third kappa shape index (κ3) is 5.66. The van der Waals surface area contributed by atoms with Gasteiger partial charge in [-0.1, -0.05) is 102 Å². The Labute approximate surface area is 209 Å². The molecule has 3 rings (SSSR count). The van der Waals surface area contributed by atoms with E-state index in [1.54, 1.807) is 0 Å². The molecule has 0 aliphatic heterocycles. The van der Waals surface area contributed by atoms with Crippen LogP contribution >= 0.6 is 0 Å². The summed E-state index contributed by atoms with van der Waals surface area (Å²) in [4.78, 5) is 0. The van der Waals surface area contributed by atoms with E-state index in [9.17, 15) is 0 Å². The van der Waals surface area contributed by atoms with Gasteiger partial charge in [0.15, 0.2) is 0 Å². The maximum absolute atomic E-state index is 6.96. The van der Waals surface area contributed by atoms with E-state index in [0.29, 0.717) is 0 Å². The molecule has 0 unspecified atom stereocenters. The zero-order chi connectivity index (χ0) is 25.4. The largest absolute Gasteiger partial charge is 0.543 e. The van der Waals surface area contributed by atoms with Crippen LogP contribution in [-0.4, -0.2) is 16.6 Å². The van der Waals surface area contributed by atoms with Crippen LogP contribution in [-0.2, 0) is 0 Å². The third-order valence-corrected chi connectivity index (χ3v) is 16.3. The SMILES string of the molecule is CC(C)(C)[Si](C)(C)Oc1cc(-c2ccccc2)c(O[Si](C)(C)C(C)(C)C)cc1-c1ccccc1. The van der Waals surface area contributed by atoms with Gasteiger partial charge < -0.3 is 8.85 Å². The van der Waals surface area contributed by atoms with Gasteiger partial charge in [-0.25, -0.2) is 0 Å². The third-order valence-electron chi connectivity index (χ3n) is 7.59. The first kappa shape index (κ1) is 26.3. The van der Waals surface area contributed by atoms with Crippen molar-refractivity contribution < 1.29 is 8.85 Å². The van der Waals surface area contributed by atoms with Crippen molar-refractivity contribution in [1.82, 2.24) is 0 Å². The van der Waals surface area contributed by atoms with Gasteiger partial charge in [0, 0.05) is 11.1 Å². The van der Waals surface area contributed by atoms with Gasteiger partial charge >= 0.3 is 0 Å². The topological polar surface area (TPSA) is 18.5 Å². The summed E-state index contributed by atoms with van der Waals surface area (Å²) in [5.74, 6) is 1.89. The number of rotatable bonds is 6. The maximum Gasteiger partial charge on any atom is 0.250 e. The molecule has 0 aliphatic rings. The maximum atomic E-state index is 6.96. The van der Waals surface area contributed by atoms with Gasteiger partial charge in [-0.2, -0.15) is 0 Å². The van der Waals surface area contributed by atoms with Gasteiger partial charge in [0.1, 0.15) is 11.5 Å². The van der Waals surface area contributed by atoms with Crippen molar-refractivity contribution in [2.24, 2.45) is 0 Å². The Hall–Kier alpha value is -2.31. The van der Waals surface area contributed by atoms with Crippen LogP contribution in [0.5, 0.6) is 11.5 Å². The van der Waals surface area contributed by atoms with Crippen LogP contribution in [0.1, 0.15) is 41.5 Å². The van der Waals surface area contributed by atoms with E-state index in [-0.39, 0.29) is 10.1 Å². The molecule has 0 saturated carbocycles. The molecule has 0 saturated heterocycles. The van der Waals surface area contributed by atoms with Crippen LogP contribution in [0.15, 0.2) is 72.8 Å². The molecule has 0 spiro atoms. The van der Waals surface area contributed by atoms with E-state index < -0.39 is 16.6 Å². The van der Waals surface area contributed by atoms with Crippen molar-refractivity contribution in [3.8, 4) is 33.8 Å². The molecule has 0 heterocycles. The van der Waals surface area contributed by atoms with Crippen LogP contribution in [0.4, 0.5) is 0 Å². The summed E-state index contributed by atoms with van der Waals surface area (Å²) < 4.78 is 13.9. The fraction of sp³-hybridized carbons (Fsp3) is 0.400. The minimum atomic E-state index is -2.06. The summed E-state index contributed by atoms with van der Waals surface area (Å²) in [6, 6.07) is 25.6. The Morgan fingerprint density at radius 3 is 1.06 bits per heavy atom. The summed E-state index contributed by atoms with van der Waals surface area (Å²) >= 11 is 0. The molecule has 4 heteroatoms. The molecule has 0 bridgehead atoms. The van der Waals surface area contributed by atoms with Crippen LogP contribution in [0.3, 0.4) is 0 Å². The van der Waals surface area contributed by atoms with Crippen molar-refractivity contribution in [3.63, 3.8) is 0 Å². The molecule has 182 valence electrons. The van der Waals surface area contributed by atoms with Crippen molar-refractivity contribution >= 4 is 16.6 Å². The predicted molar refractivity (Wildman–Crippen MR) is 153 cm³/mol. The molecule has 0 aromatic heterocycles. The molecule has 0 aliphatic carbocycles. The first-order valence-electron chi connectivity index (χ1n) is 12.3. The molecular formula is C30H42O2Si2. The van der Waals surface area contributed by atoms with Crippen LogP contribution in [0.25, 0.3) is 22.3 Å². The van der Waals surface area contributed by atoms with Crippen molar-refractivity contribution in [2.45, 2.75) is 77.8 Å². The summed E-state index contributed by atoms with van der Waals surface area (Å²) in [6.45, 7) is 23.0. The molecule has 0 fully saturated rings. The second kappa shape index (κ2) is 9.39. The average Bonchev–Trinajstić information content (AvgIpc) is 2.73. The van der Waals surface area contributed by atoms with Crippen LogP contribution < -0.4 is 8.85 Å². The van der Waals surface area contributed by atoms with E-state index in [4.69, 9.17) is 8.85 Å². The highest BCUT2D eigenvalue weighted by molar-refractivity contribution is 6.75. The number of hydrogen-bond acceptors (Lipinski definition) is 2. The van der Waals surface area contributed by atoms with E-state index in [2.05, 4.69) is 141 Å². The predicted octanol–water partition coefficient (Wildman–Crippen LogP) is 9.79. The van der Waals surface area contributed by atoms with Crippen LogP contribution in [0, 0.1) is 0 Å². The quantitative estimate of drug-likeness (QED) is 0.320. The lowest BCUT2D eigenvalue weighted by Crippen LogP contribution is -2.44. The average molecular weight is 491 g/mol. The molecule has 0 radical (unpaired) electrons. The van der Waals surface area contributed by atoms with Crippen molar-refractivity contribution in [3.05, 3.63) is 72.8 Å². The highest BCUT2D eigenvalue weighted by atomic mass is 28.4. The van der Waals surface area contributed by atoms with E-state index in [1.807, 2.05) is 0 Å². The van der Waals surface area contributed by atoms with Gasteiger partial charge in [-0.15, -0.1) is 0 Å². The molecule has 0 atom stereocenters. The minimum absolute atomic E-state index is 0.101. The molecule has 3 aromatic rings. The smallest absolute Gasteiger partial charge is 0.250 e. The monoisotopic (exact) mass is 490 g/mol. The zero-order valence-electron chi connectivity index (χ0n) is 22.7. The lowest BCUT2D eigenvalue weighted by Gasteiger charge is -2.39. The number of hydrogen-bond donors (Lipinski definition) is 0. The first-order chi connectivity index (χ1) is 15.6. The molecule has 0 amide bonds. The Morgan fingerprint density at radius 1 is 0.500 bits per heavy atom. The molecule has 34 heavy (non-hydrogen) atoms. The lowest BCUT2D eigenvalue weighted by atomic mass is 9.98. The molecule has 0 N–H and O–H groups in total. The molecule has 3 aromatic carbocycles. The summed E-state index contributed by atoms with van der Waals surface area (Å²) in [5, 5.41) is 0.203. The summed E-state index contributed by atoms with van der Waals surface area (Å²) in [7, 11) is -4.12. The Balaban J connectivity index is 2.29. The zero-order valence-corrected chi connectivity index (χ0v) is 24.7. The van der Waals surface area contributed by atoms with E-state index in [0.717, 1.165) is 33.8 Å². The van der Waals surface area contributed by atoms with Gasteiger partial charge in [0.05, 0.1) is 0 Å². The fourth-order valence-electron chi connectivity index (χ4n) is 3.27. The summed E-state index contributed by atoms with van der Waals surface area (Å²) in [6.07, 6.45) is 0. The fourth-order valence-corrected chi connectivity index (χ4v) is 5.32. The second-order valence-electron chi connectivity index (χ2n) is 12.3. The normalized spacial score (nSPS) is 13.0. The minimum Gasteiger partial charge on any atom is -0.543 e. The lowest BCUT2D eigenvalue weighted by molar-refractivity contribution is 0.484. The Bertz CT molecular complexity index is 1020. The Kier molecular flexibility index (Phi) is 7.26. The van der Waals surface area contributed by atoms with Crippen molar-refractivity contribution in [2.75, 3.05) is 0 Å². The highest BCUT2D eigenvalue weighted by Crippen LogP contribution is 2.47. The van der Waals surface area contributed by atoms with Gasteiger partial charge in [-0.3, -0.25) is 0 Å². The number of benzene rings is 3. The molecule has 2 nitrogen and oxygen atoms in total. The van der Waals surface area contributed by atoms with E-state index >= 15 is 0 Å². The van der Waals surface area contributed by atoms with Gasteiger partial charge in [-0.05, 0) is 59.5 Å². The first-order valence-corrected chi connectivity index (χ1v) is 18.1. The standard InChI is InChI=1S/C30H42O2Si2/c1-29(2,3)33(7,8)31-27-21-26(24-19-15-12-16-20-24)28(32-34(9,10)30(4,5)6)22-25(27)23-17-13-11-14-18-23/h11-22H,1-10H3. The van der Waals surface area contributed by atoms with Crippen molar-refractivity contribution in [1.29, 1.82) is 0 Å². The summed E-state index contributed by atoms with van der Waals surface area (Å²) in [5.41, 5.74) is 4.49. The van der Waals surface area contributed by atoms with E-state index in [1.165, 1.54) is 0 Å².